The number of fused-ring (bicyclic) bond motifs is 1. The van der Waals surface area contributed by atoms with E-state index in [9.17, 15) is 4.79 Å². The van der Waals surface area contributed by atoms with Crippen molar-refractivity contribution >= 4 is 28.7 Å². The lowest BCUT2D eigenvalue weighted by Crippen LogP contribution is -2.35. The van der Waals surface area contributed by atoms with Gasteiger partial charge in [0.2, 0.25) is 0 Å². The molecule has 0 unspecified atom stereocenters. The zero-order chi connectivity index (χ0) is 19.6. The highest BCUT2D eigenvalue weighted by atomic mass is 35.5. The molecule has 5 nitrogen and oxygen atoms in total. The Hall–Kier alpha value is -2.53. The van der Waals surface area contributed by atoms with E-state index in [0.717, 1.165) is 34.1 Å². The van der Waals surface area contributed by atoms with Crippen molar-refractivity contribution in [2.75, 3.05) is 13.6 Å². The van der Waals surface area contributed by atoms with Gasteiger partial charge in [0.15, 0.2) is 0 Å². The molecule has 6 heteroatoms. The van der Waals surface area contributed by atoms with Crippen LogP contribution in [-0.4, -0.2) is 40.2 Å². The molecule has 1 amide bonds. The highest BCUT2D eigenvalue weighted by Crippen LogP contribution is 2.29. The van der Waals surface area contributed by atoms with E-state index in [1.807, 2.05) is 33.0 Å². The number of aromatic amines is 1. The highest BCUT2D eigenvalue weighted by Gasteiger charge is 2.19. The topological polar surface area (TPSA) is 58.2 Å². The lowest BCUT2D eigenvalue weighted by molar-refractivity contribution is 0.0301. The van der Waals surface area contributed by atoms with Crippen LogP contribution in [0.25, 0.3) is 22.2 Å². The molecule has 0 atom stereocenters. The number of amides is 1. The number of H-pyrrole nitrogens is 1. The number of rotatable bonds is 4. The van der Waals surface area contributed by atoms with Gasteiger partial charge in [-0.25, -0.2) is 9.78 Å². The van der Waals surface area contributed by atoms with E-state index in [-0.39, 0.29) is 6.09 Å². The van der Waals surface area contributed by atoms with E-state index in [1.165, 1.54) is 0 Å². The third-order valence-corrected chi connectivity index (χ3v) is 4.41. The average Bonchev–Trinajstić information content (AvgIpc) is 3.01. The molecule has 0 aliphatic rings. The minimum absolute atomic E-state index is 0.303. The maximum Gasteiger partial charge on any atom is 0.410 e. The number of hydrogen-bond donors (Lipinski definition) is 1. The summed E-state index contributed by atoms with van der Waals surface area (Å²) in [5, 5.41) is 1.62. The summed E-state index contributed by atoms with van der Waals surface area (Å²) in [5.74, 6) is 0. The molecule has 0 fully saturated rings. The Bertz CT molecular complexity index is 942. The molecular weight excluding hydrogens is 362 g/mol. The van der Waals surface area contributed by atoms with E-state index in [2.05, 4.69) is 34.2 Å². The number of benzene rings is 1. The zero-order valence-corrected chi connectivity index (χ0v) is 16.8. The number of likely N-dealkylation sites (N-methyl/N-ethyl adjacent to an activating group) is 1. The minimum Gasteiger partial charge on any atom is -0.444 e. The Morgan fingerprint density at radius 3 is 2.63 bits per heavy atom. The number of hydrogen-bond acceptors (Lipinski definition) is 3. The summed E-state index contributed by atoms with van der Waals surface area (Å²) in [5.41, 5.74) is 3.65. The summed E-state index contributed by atoms with van der Waals surface area (Å²) < 4.78 is 5.37. The summed E-state index contributed by atoms with van der Waals surface area (Å²) in [6.07, 6.45) is 4.03. The monoisotopic (exact) mass is 385 g/mol. The first-order valence-corrected chi connectivity index (χ1v) is 9.27. The lowest BCUT2D eigenvalue weighted by atomic mass is 10.0. The molecular formula is C21H24ClN3O2. The Morgan fingerprint density at radius 2 is 1.96 bits per heavy atom. The van der Waals surface area contributed by atoms with Crippen LogP contribution < -0.4 is 0 Å². The van der Waals surface area contributed by atoms with Crippen LogP contribution in [0.5, 0.6) is 0 Å². The molecule has 3 rings (SSSR count). The SMILES string of the molecule is CN(CCc1ccc(-c2c[nH]c3ncc(Cl)cc23)cc1)C(=O)OC(C)(C)C. The lowest BCUT2D eigenvalue weighted by Gasteiger charge is -2.24. The average molecular weight is 386 g/mol. The zero-order valence-electron chi connectivity index (χ0n) is 16.0. The predicted octanol–water partition coefficient (Wildman–Crippen LogP) is 5.29. The summed E-state index contributed by atoms with van der Waals surface area (Å²) in [4.78, 5) is 21.1. The first-order chi connectivity index (χ1) is 12.7. The molecule has 27 heavy (non-hydrogen) atoms. The fourth-order valence-electron chi connectivity index (χ4n) is 2.80. The van der Waals surface area contributed by atoms with Gasteiger partial charge in [0.1, 0.15) is 11.2 Å². The number of nitrogens with zero attached hydrogens (tertiary/aromatic N) is 2. The Labute approximate surface area is 164 Å². The van der Waals surface area contributed by atoms with Gasteiger partial charge < -0.3 is 14.6 Å². The number of aromatic nitrogens is 2. The van der Waals surface area contributed by atoms with Gasteiger partial charge in [-0.15, -0.1) is 0 Å². The van der Waals surface area contributed by atoms with Crippen LogP contribution in [0.3, 0.4) is 0 Å². The maximum absolute atomic E-state index is 12.0. The van der Waals surface area contributed by atoms with Crippen LogP contribution in [-0.2, 0) is 11.2 Å². The molecule has 0 aliphatic carbocycles. The Kier molecular flexibility index (Phi) is 5.42. The van der Waals surface area contributed by atoms with Crippen molar-refractivity contribution in [2.24, 2.45) is 0 Å². The largest absolute Gasteiger partial charge is 0.444 e. The molecule has 142 valence electrons. The van der Waals surface area contributed by atoms with Gasteiger partial charge in [0.05, 0.1) is 5.02 Å². The highest BCUT2D eigenvalue weighted by molar-refractivity contribution is 6.31. The number of ether oxygens (including phenoxy) is 1. The van der Waals surface area contributed by atoms with E-state index < -0.39 is 5.60 Å². The van der Waals surface area contributed by atoms with Gasteiger partial charge in [-0.05, 0) is 44.4 Å². The minimum atomic E-state index is -0.482. The van der Waals surface area contributed by atoms with Crippen LogP contribution >= 0.6 is 11.6 Å². The molecule has 0 aliphatic heterocycles. The second-order valence-electron chi connectivity index (χ2n) is 7.60. The van der Waals surface area contributed by atoms with Crippen LogP contribution in [0, 0.1) is 0 Å². The smallest absolute Gasteiger partial charge is 0.410 e. The van der Waals surface area contributed by atoms with Gasteiger partial charge in [-0.2, -0.15) is 0 Å². The molecule has 1 aromatic carbocycles. The fraction of sp³-hybridized carbons (Fsp3) is 0.333. The van der Waals surface area contributed by atoms with Gasteiger partial charge in [0, 0.05) is 36.9 Å². The number of pyridine rings is 1. The normalized spacial score (nSPS) is 11.6. The van der Waals surface area contributed by atoms with Crippen LogP contribution in [0.2, 0.25) is 5.02 Å². The number of nitrogens with one attached hydrogen (secondary N) is 1. The van der Waals surface area contributed by atoms with Gasteiger partial charge >= 0.3 is 6.09 Å². The van der Waals surface area contributed by atoms with Gasteiger partial charge in [-0.3, -0.25) is 0 Å². The Morgan fingerprint density at radius 1 is 1.26 bits per heavy atom. The molecule has 0 radical (unpaired) electrons. The molecule has 2 heterocycles. The van der Waals surface area contributed by atoms with Crippen LogP contribution in [0.15, 0.2) is 42.7 Å². The fourth-order valence-corrected chi connectivity index (χ4v) is 2.95. The van der Waals surface area contributed by atoms with Crippen molar-refractivity contribution in [3.05, 3.63) is 53.3 Å². The first kappa shape index (κ1) is 19.2. The first-order valence-electron chi connectivity index (χ1n) is 8.89. The summed E-state index contributed by atoms with van der Waals surface area (Å²) in [6.45, 7) is 6.20. The van der Waals surface area contributed by atoms with Crippen molar-refractivity contribution in [1.82, 2.24) is 14.9 Å². The van der Waals surface area contributed by atoms with E-state index in [4.69, 9.17) is 16.3 Å². The molecule has 0 saturated heterocycles. The molecule has 0 bridgehead atoms. The van der Waals surface area contributed by atoms with E-state index >= 15 is 0 Å². The van der Waals surface area contributed by atoms with Crippen molar-refractivity contribution < 1.29 is 9.53 Å². The van der Waals surface area contributed by atoms with Crippen LogP contribution in [0.4, 0.5) is 4.79 Å². The van der Waals surface area contributed by atoms with Crippen LogP contribution in [0.1, 0.15) is 26.3 Å². The van der Waals surface area contributed by atoms with E-state index in [0.29, 0.717) is 11.6 Å². The number of halogens is 1. The second kappa shape index (κ2) is 7.61. The Balaban J connectivity index is 1.67. The summed E-state index contributed by atoms with van der Waals surface area (Å²) in [6, 6.07) is 10.2. The maximum atomic E-state index is 12.0. The molecule has 0 spiro atoms. The van der Waals surface area contributed by atoms with Crippen molar-refractivity contribution in [3.63, 3.8) is 0 Å². The van der Waals surface area contributed by atoms with Crippen molar-refractivity contribution in [2.45, 2.75) is 32.8 Å². The summed E-state index contributed by atoms with van der Waals surface area (Å²) >= 11 is 6.08. The third kappa shape index (κ3) is 4.80. The standard InChI is InChI=1S/C21H24ClN3O2/c1-21(2,3)27-20(26)25(4)10-9-14-5-7-15(8-6-14)18-13-24-19-17(18)11-16(22)12-23-19/h5-8,11-13H,9-10H2,1-4H3,(H,23,24). The number of carbonyl (C=O) groups excluding carboxylic acids is 1. The van der Waals surface area contributed by atoms with Gasteiger partial charge in [-0.1, -0.05) is 35.9 Å². The molecule has 1 N–H and O–H groups in total. The van der Waals surface area contributed by atoms with E-state index in [1.54, 1.807) is 18.1 Å². The predicted molar refractivity (Wildman–Crippen MR) is 109 cm³/mol. The second-order valence-corrected chi connectivity index (χ2v) is 8.04. The van der Waals surface area contributed by atoms with Crippen molar-refractivity contribution in [3.8, 4) is 11.1 Å². The summed E-state index contributed by atoms with van der Waals surface area (Å²) in [7, 11) is 1.76. The molecule has 0 saturated carbocycles. The van der Waals surface area contributed by atoms with Gasteiger partial charge in [0.25, 0.3) is 0 Å². The third-order valence-electron chi connectivity index (χ3n) is 4.20. The van der Waals surface area contributed by atoms with Crippen molar-refractivity contribution in [1.29, 1.82) is 0 Å². The quantitative estimate of drug-likeness (QED) is 0.663. The molecule has 3 aromatic rings. The molecule has 2 aromatic heterocycles. The number of carbonyl (C=O) groups is 1.